The molecular formula is C20H19N3O4S. The number of benzene rings is 2. The largest absolute Gasteiger partial charge is 0.493 e. The Kier molecular flexibility index (Phi) is 6.23. The van der Waals surface area contributed by atoms with Crippen molar-refractivity contribution in [1.29, 1.82) is 0 Å². The van der Waals surface area contributed by atoms with Crippen LogP contribution in [0.25, 0.3) is 11.3 Å². The minimum absolute atomic E-state index is 0.363. The number of nitrogens with one attached hydrogen (secondary N) is 1. The van der Waals surface area contributed by atoms with Crippen LogP contribution in [0, 0.1) is 0 Å². The smallest absolute Gasteiger partial charge is 0.341 e. The molecule has 0 aliphatic rings. The molecular weight excluding hydrogens is 378 g/mol. The van der Waals surface area contributed by atoms with Gasteiger partial charge in [0.05, 0.1) is 18.5 Å². The summed E-state index contributed by atoms with van der Waals surface area (Å²) in [7, 11) is 1.50. The lowest BCUT2D eigenvalue weighted by atomic mass is 10.1. The lowest BCUT2D eigenvalue weighted by Crippen LogP contribution is -2.10. The molecule has 1 heterocycles. The number of aromatic nitrogens is 1. The number of anilines is 1. The molecule has 3 rings (SSSR count). The zero-order valence-corrected chi connectivity index (χ0v) is 16.2. The summed E-state index contributed by atoms with van der Waals surface area (Å²) >= 11 is 1.47. The molecule has 0 bridgehead atoms. The minimum atomic E-state index is -1.05. The maximum Gasteiger partial charge on any atom is 0.341 e. The minimum Gasteiger partial charge on any atom is -0.493 e. The van der Waals surface area contributed by atoms with Crippen molar-refractivity contribution in [2.45, 2.75) is 6.92 Å². The molecule has 3 aromatic rings. The summed E-state index contributed by atoms with van der Waals surface area (Å²) in [5.41, 5.74) is 6.45. The van der Waals surface area contributed by atoms with Crippen LogP contribution < -0.4 is 14.9 Å². The molecule has 0 radical (unpaired) electrons. The molecule has 2 N–H and O–H groups in total. The first kappa shape index (κ1) is 19.4. The number of methoxy groups -OCH3 is 1. The fourth-order valence-corrected chi connectivity index (χ4v) is 3.08. The van der Waals surface area contributed by atoms with Crippen LogP contribution in [0.1, 0.15) is 12.5 Å². The van der Waals surface area contributed by atoms with Gasteiger partial charge in [-0.2, -0.15) is 5.10 Å². The van der Waals surface area contributed by atoms with E-state index in [1.54, 1.807) is 18.2 Å². The molecule has 0 aliphatic carbocycles. The number of hydrazone groups is 1. The Labute approximate surface area is 166 Å². The van der Waals surface area contributed by atoms with Crippen molar-refractivity contribution >= 4 is 28.1 Å². The van der Waals surface area contributed by atoms with Crippen LogP contribution >= 0.6 is 11.3 Å². The van der Waals surface area contributed by atoms with Crippen molar-refractivity contribution < 1.29 is 19.4 Å². The molecule has 1 aromatic heterocycles. The molecule has 2 aromatic carbocycles. The second-order valence-corrected chi connectivity index (χ2v) is 6.62. The number of thiazole rings is 1. The van der Waals surface area contributed by atoms with Crippen LogP contribution in [-0.4, -0.2) is 35.5 Å². The van der Waals surface area contributed by atoms with E-state index in [0.717, 1.165) is 22.5 Å². The van der Waals surface area contributed by atoms with E-state index in [1.807, 2.05) is 42.6 Å². The molecule has 0 saturated carbocycles. The Hall–Kier alpha value is -3.39. The van der Waals surface area contributed by atoms with Crippen LogP contribution in [0.2, 0.25) is 0 Å². The highest BCUT2D eigenvalue weighted by Gasteiger charge is 2.10. The highest BCUT2D eigenvalue weighted by atomic mass is 32.1. The number of hydrogen-bond acceptors (Lipinski definition) is 7. The van der Waals surface area contributed by atoms with Crippen molar-refractivity contribution in [2.75, 3.05) is 19.1 Å². The Morgan fingerprint density at radius 2 is 2.00 bits per heavy atom. The number of nitrogens with zero attached hydrogens (tertiary/aromatic N) is 2. The zero-order valence-electron chi connectivity index (χ0n) is 15.4. The SMILES string of the molecule is COc1cc(/C(C)=N\Nc2nc(-c3ccccc3)cs2)ccc1OCC(=O)O. The molecule has 0 saturated heterocycles. The van der Waals surface area contributed by atoms with Gasteiger partial charge in [0.25, 0.3) is 0 Å². The highest BCUT2D eigenvalue weighted by Crippen LogP contribution is 2.29. The van der Waals surface area contributed by atoms with Crippen molar-refractivity contribution in [3.05, 3.63) is 59.5 Å². The molecule has 0 aliphatic heterocycles. The molecule has 0 spiro atoms. The molecule has 7 nitrogen and oxygen atoms in total. The Bertz CT molecular complexity index is 986. The van der Waals surface area contributed by atoms with Gasteiger partial charge in [0, 0.05) is 16.5 Å². The average molecular weight is 397 g/mol. The standard InChI is InChI=1S/C20H19N3O4S/c1-13(15-8-9-17(18(10-15)26-2)27-11-19(24)25)22-23-20-21-16(12-28-20)14-6-4-3-5-7-14/h3-10,12H,11H2,1-2H3,(H,21,23)(H,24,25)/b22-13-. The topological polar surface area (TPSA) is 93.0 Å². The van der Waals surface area contributed by atoms with Crippen LogP contribution in [0.3, 0.4) is 0 Å². The third-order valence-corrected chi connectivity index (χ3v) is 4.57. The summed E-state index contributed by atoms with van der Waals surface area (Å²) in [5, 5.41) is 15.8. The summed E-state index contributed by atoms with van der Waals surface area (Å²) in [6.07, 6.45) is 0. The van der Waals surface area contributed by atoms with E-state index >= 15 is 0 Å². The van der Waals surface area contributed by atoms with E-state index in [0.29, 0.717) is 16.6 Å². The fourth-order valence-electron chi connectivity index (χ4n) is 2.41. The monoisotopic (exact) mass is 397 g/mol. The summed E-state index contributed by atoms with van der Waals surface area (Å²) in [4.78, 5) is 15.2. The first-order chi connectivity index (χ1) is 13.6. The molecule has 8 heteroatoms. The third kappa shape index (κ3) is 4.86. The number of carbonyl (C=O) groups is 1. The van der Waals surface area contributed by atoms with Gasteiger partial charge in [-0.15, -0.1) is 11.3 Å². The number of carboxylic acid groups (broad SMARTS) is 1. The van der Waals surface area contributed by atoms with Gasteiger partial charge in [0.2, 0.25) is 5.13 Å². The molecule has 0 unspecified atom stereocenters. The number of rotatable bonds is 8. The van der Waals surface area contributed by atoms with Crippen LogP contribution in [0.5, 0.6) is 11.5 Å². The van der Waals surface area contributed by atoms with Crippen LogP contribution in [-0.2, 0) is 4.79 Å². The van der Waals surface area contributed by atoms with Crippen LogP contribution in [0.4, 0.5) is 5.13 Å². The predicted molar refractivity (Wildman–Crippen MR) is 110 cm³/mol. The van der Waals surface area contributed by atoms with E-state index in [2.05, 4.69) is 15.5 Å². The van der Waals surface area contributed by atoms with Gasteiger partial charge in [0.15, 0.2) is 18.1 Å². The number of carboxylic acids is 1. The lowest BCUT2D eigenvalue weighted by molar-refractivity contribution is -0.139. The Balaban J connectivity index is 1.71. The first-order valence-electron chi connectivity index (χ1n) is 8.41. The second-order valence-electron chi connectivity index (χ2n) is 5.76. The highest BCUT2D eigenvalue weighted by molar-refractivity contribution is 7.14. The van der Waals surface area contributed by atoms with Crippen LogP contribution in [0.15, 0.2) is 59.0 Å². The van der Waals surface area contributed by atoms with E-state index in [-0.39, 0.29) is 0 Å². The molecule has 144 valence electrons. The average Bonchev–Trinajstić information content (AvgIpc) is 3.20. The molecule has 28 heavy (non-hydrogen) atoms. The number of aliphatic carboxylic acids is 1. The number of ether oxygens (including phenoxy) is 2. The van der Waals surface area contributed by atoms with Gasteiger partial charge in [0.1, 0.15) is 0 Å². The summed E-state index contributed by atoms with van der Waals surface area (Å²) in [6, 6.07) is 15.1. The molecule has 0 atom stereocenters. The second kappa shape index (κ2) is 9.01. The first-order valence-corrected chi connectivity index (χ1v) is 9.29. The summed E-state index contributed by atoms with van der Waals surface area (Å²) in [6.45, 7) is 1.42. The lowest BCUT2D eigenvalue weighted by Gasteiger charge is -2.11. The van der Waals surface area contributed by atoms with Crippen molar-refractivity contribution in [3.8, 4) is 22.8 Å². The van der Waals surface area contributed by atoms with E-state index in [9.17, 15) is 4.79 Å². The van der Waals surface area contributed by atoms with E-state index in [4.69, 9.17) is 14.6 Å². The predicted octanol–water partition coefficient (Wildman–Crippen LogP) is 4.12. The third-order valence-electron chi connectivity index (χ3n) is 3.83. The Morgan fingerprint density at radius 1 is 1.21 bits per heavy atom. The van der Waals surface area contributed by atoms with Gasteiger partial charge in [-0.1, -0.05) is 30.3 Å². The maximum absolute atomic E-state index is 10.7. The Morgan fingerprint density at radius 3 is 2.71 bits per heavy atom. The normalized spacial score (nSPS) is 11.1. The summed E-state index contributed by atoms with van der Waals surface area (Å²) < 4.78 is 10.5. The zero-order chi connectivity index (χ0) is 19.9. The van der Waals surface area contributed by atoms with Gasteiger partial charge >= 0.3 is 5.97 Å². The van der Waals surface area contributed by atoms with Gasteiger partial charge in [-0.05, 0) is 25.1 Å². The van der Waals surface area contributed by atoms with Gasteiger partial charge < -0.3 is 14.6 Å². The number of hydrogen-bond donors (Lipinski definition) is 2. The van der Waals surface area contributed by atoms with Crippen molar-refractivity contribution in [2.24, 2.45) is 5.10 Å². The van der Waals surface area contributed by atoms with Gasteiger partial charge in [-0.3, -0.25) is 5.43 Å². The van der Waals surface area contributed by atoms with Crippen molar-refractivity contribution in [3.63, 3.8) is 0 Å². The van der Waals surface area contributed by atoms with Gasteiger partial charge in [-0.25, -0.2) is 9.78 Å². The molecule has 0 fully saturated rings. The van der Waals surface area contributed by atoms with Crippen molar-refractivity contribution in [1.82, 2.24) is 4.98 Å². The summed E-state index contributed by atoms with van der Waals surface area (Å²) in [5.74, 6) is -0.248. The molecule has 0 amide bonds. The van der Waals surface area contributed by atoms with E-state index in [1.165, 1.54) is 18.4 Å². The fraction of sp³-hybridized carbons (Fsp3) is 0.150. The van der Waals surface area contributed by atoms with E-state index < -0.39 is 12.6 Å². The maximum atomic E-state index is 10.7. The quantitative estimate of drug-likeness (QED) is 0.439.